The number of carbonyl (C=O) groups excluding carboxylic acids is 1. The molecule has 0 aliphatic rings. The van der Waals surface area contributed by atoms with Crippen molar-refractivity contribution in [3.05, 3.63) is 74.4 Å². The van der Waals surface area contributed by atoms with Crippen molar-refractivity contribution in [3.8, 4) is 5.75 Å². The highest BCUT2D eigenvalue weighted by Crippen LogP contribution is 2.22. The molecule has 0 atom stereocenters. The van der Waals surface area contributed by atoms with E-state index < -0.39 is 10.8 Å². The fourth-order valence-corrected chi connectivity index (χ4v) is 2.79. The molecule has 0 saturated carbocycles. The maximum atomic E-state index is 12.3. The van der Waals surface area contributed by atoms with Gasteiger partial charge in [0.2, 0.25) is 5.91 Å². The summed E-state index contributed by atoms with van der Waals surface area (Å²) in [6.07, 6.45) is 0. The first-order valence-electron chi connectivity index (χ1n) is 8.63. The van der Waals surface area contributed by atoms with E-state index in [1.807, 2.05) is 31.2 Å². The first-order chi connectivity index (χ1) is 13.8. The summed E-state index contributed by atoms with van der Waals surface area (Å²) in [7, 11) is 0. The molecule has 1 aromatic heterocycles. The van der Waals surface area contributed by atoms with Crippen molar-refractivity contribution in [2.75, 3.05) is 5.32 Å². The summed E-state index contributed by atoms with van der Waals surface area (Å²) in [5.74, 6) is 0.484. The molecule has 0 bridgehead atoms. The SMILES string of the molecule is Cc1ccccc1OCc1nn(CC(=O)Nc2ccc(C)c([N+](=O)[O-])c2)c(=S)o1. The number of nitrogens with one attached hydrogen (secondary N) is 1. The van der Waals surface area contributed by atoms with E-state index in [9.17, 15) is 14.9 Å². The van der Waals surface area contributed by atoms with Gasteiger partial charge in [0.05, 0.1) is 4.92 Å². The van der Waals surface area contributed by atoms with Crippen LogP contribution in [0, 0.1) is 28.8 Å². The number of hydrogen-bond donors (Lipinski definition) is 1. The Hall–Kier alpha value is -3.53. The first kappa shape index (κ1) is 20.2. The third-order valence-electron chi connectivity index (χ3n) is 4.08. The van der Waals surface area contributed by atoms with Gasteiger partial charge >= 0.3 is 0 Å². The van der Waals surface area contributed by atoms with Crippen LogP contribution in [0.1, 0.15) is 17.0 Å². The third kappa shape index (κ3) is 5.05. The lowest BCUT2D eigenvalue weighted by Gasteiger charge is -2.06. The number of carbonyl (C=O) groups is 1. The van der Waals surface area contributed by atoms with Gasteiger partial charge in [0, 0.05) is 17.3 Å². The van der Waals surface area contributed by atoms with Gasteiger partial charge < -0.3 is 14.5 Å². The van der Waals surface area contributed by atoms with Crippen molar-refractivity contribution in [2.45, 2.75) is 27.0 Å². The lowest BCUT2D eigenvalue weighted by atomic mass is 10.2. The first-order valence-corrected chi connectivity index (χ1v) is 9.04. The molecule has 9 nitrogen and oxygen atoms in total. The van der Waals surface area contributed by atoms with Crippen LogP contribution in [0.4, 0.5) is 11.4 Å². The second-order valence-electron chi connectivity index (χ2n) is 6.28. The number of aryl methyl sites for hydroxylation is 2. The average Bonchev–Trinajstić information content (AvgIpc) is 3.01. The summed E-state index contributed by atoms with van der Waals surface area (Å²) in [5, 5.41) is 17.8. The van der Waals surface area contributed by atoms with E-state index >= 15 is 0 Å². The largest absolute Gasteiger partial charge is 0.484 e. The molecule has 150 valence electrons. The molecular weight excluding hydrogens is 396 g/mol. The molecule has 0 unspecified atom stereocenters. The molecule has 0 radical (unpaired) electrons. The number of nitrogens with zero attached hydrogens (tertiary/aromatic N) is 3. The number of nitro groups is 1. The Morgan fingerprint density at radius 2 is 2.03 bits per heavy atom. The van der Waals surface area contributed by atoms with Gasteiger partial charge in [-0.1, -0.05) is 24.3 Å². The summed E-state index contributed by atoms with van der Waals surface area (Å²) in [6.45, 7) is 3.41. The van der Waals surface area contributed by atoms with E-state index in [0.29, 0.717) is 17.0 Å². The van der Waals surface area contributed by atoms with Crippen LogP contribution in [-0.2, 0) is 17.9 Å². The molecule has 1 amide bonds. The fraction of sp³-hybridized carbons (Fsp3) is 0.211. The van der Waals surface area contributed by atoms with Crippen LogP contribution in [0.25, 0.3) is 0 Å². The topological polar surface area (TPSA) is 112 Å². The minimum absolute atomic E-state index is 0.0263. The van der Waals surface area contributed by atoms with Crippen molar-refractivity contribution in [1.82, 2.24) is 9.78 Å². The van der Waals surface area contributed by atoms with Gasteiger partial charge in [0.1, 0.15) is 12.3 Å². The number of amides is 1. The highest BCUT2D eigenvalue weighted by atomic mass is 32.1. The summed E-state index contributed by atoms with van der Waals surface area (Å²) >= 11 is 5.09. The number of rotatable bonds is 7. The van der Waals surface area contributed by atoms with Crippen LogP contribution in [0.3, 0.4) is 0 Å². The second kappa shape index (κ2) is 8.65. The normalized spacial score (nSPS) is 10.6. The molecule has 0 aliphatic carbocycles. The van der Waals surface area contributed by atoms with Crippen LogP contribution in [0.15, 0.2) is 46.9 Å². The predicted octanol–water partition coefficient (Wildman–Crippen LogP) is 3.95. The van der Waals surface area contributed by atoms with E-state index in [4.69, 9.17) is 21.4 Å². The summed E-state index contributed by atoms with van der Waals surface area (Å²) < 4.78 is 12.3. The Morgan fingerprint density at radius 1 is 1.28 bits per heavy atom. The molecule has 29 heavy (non-hydrogen) atoms. The van der Waals surface area contributed by atoms with Crippen LogP contribution in [0.5, 0.6) is 5.75 Å². The lowest BCUT2D eigenvalue weighted by molar-refractivity contribution is -0.385. The minimum Gasteiger partial charge on any atom is -0.484 e. The molecule has 10 heteroatoms. The Kier molecular flexibility index (Phi) is 6.03. The zero-order valence-electron chi connectivity index (χ0n) is 15.7. The number of ether oxygens (including phenoxy) is 1. The van der Waals surface area contributed by atoms with Gasteiger partial charge in [-0.15, -0.1) is 5.10 Å². The molecular formula is C19H18N4O5S. The van der Waals surface area contributed by atoms with Crippen LogP contribution < -0.4 is 10.1 Å². The van der Waals surface area contributed by atoms with Gasteiger partial charge in [-0.2, -0.15) is 0 Å². The number of nitro benzene ring substituents is 1. The van der Waals surface area contributed by atoms with Gasteiger partial charge in [0.25, 0.3) is 16.4 Å². The Labute approximate surface area is 171 Å². The highest BCUT2D eigenvalue weighted by Gasteiger charge is 2.14. The van der Waals surface area contributed by atoms with E-state index in [0.717, 1.165) is 5.56 Å². The average molecular weight is 414 g/mol. The van der Waals surface area contributed by atoms with Gasteiger partial charge in [0.15, 0.2) is 6.61 Å². The Morgan fingerprint density at radius 3 is 2.76 bits per heavy atom. The highest BCUT2D eigenvalue weighted by molar-refractivity contribution is 7.71. The van der Waals surface area contributed by atoms with E-state index in [1.165, 1.54) is 10.7 Å². The molecule has 2 aromatic carbocycles. The van der Waals surface area contributed by atoms with Crippen molar-refractivity contribution >= 4 is 29.5 Å². The van der Waals surface area contributed by atoms with Crippen LogP contribution in [0.2, 0.25) is 0 Å². The maximum Gasteiger partial charge on any atom is 0.287 e. The van der Waals surface area contributed by atoms with Crippen LogP contribution in [-0.4, -0.2) is 20.6 Å². The Bertz CT molecular complexity index is 1120. The van der Waals surface area contributed by atoms with Crippen molar-refractivity contribution in [2.24, 2.45) is 0 Å². The number of aromatic nitrogens is 2. The number of benzene rings is 2. The summed E-state index contributed by atoms with van der Waals surface area (Å²) in [6, 6.07) is 12.0. The lowest BCUT2D eigenvalue weighted by Crippen LogP contribution is -2.20. The zero-order chi connectivity index (χ0) is 21.0. The monoisotopic (exact) mass is 414 g/mol. The maximum absolute atomic E-state index is 12.3. The van der Waals surface area contributed by atoms with E-state index in [1.54, 1.807) is 19.1 Å². The fourth-order valence-electron chi connectivity index (χ4n) is 2.59. The van der Waals surface area contributed by atoms with Crippen LogP contribution >= 0.6 is 12.2 Å². The molecule has 0 saturated heterocycles. The second-order valence-corrected chi connectivity index (χ2v) is 6.63. The molecule has 3 rings (SSSR count). The van der Waals surface area contributed by atoms with Crippen molar-refractivity contribution < 1.29 is 18.9 Å². The molecule has 0 spiro atoms. The molecule has 0 aliphatic heterocycles. The van der Waals surface area contributed by atoms with E-state index in [2.05, 4.69) is 10.4 Å². The van der Waals surface area contributed by atoms with Crippen molar-refractivity contribution in [1.29, 1.82) is 0 Å². The quantitative estimate of drug-likeness (QED) is 0.354. The molecule has 1 N–H and O–H groups in total. The van der Waals surface area contributed by atoms with Gasteiger partial charge in [-0.25, -0.2) is 4.68 Å². The predicted molar refractivity (Wildman–Crippen MR) is 107 cm³/mol. The van der Waals surface area contributed by atoms with Gasteiger partial charge in [-0.05, 0) is 43.8 Å². The molecule has 1 heterocycles. The van der Waals surface area contributed by atoms with Crippen molar-refractivity contribution in [3.63, 3.8) is 0 Å². The number of hydrogen-bond acceptors (Lipinski definition) is 7. The number of para-hydroxylation sites is 1. The zero-order valence-corrected chi connectivity index (χ0v) is 16.6. The summed E-state index contributed by atoms with van der Waals surface area (Å²) in [4.78, 5) is 22.8. The summed E-state index contributed by atoms with van der Waals surface area (Å²) in [5.41, 5.74) is 1.71. The van der Waals surface area contributed by atoms with Gasteiger partial charge in [-0.3, -0.25) is 14.9 Å². The smallest absolute Gasteiger partial charge is 0.287 e. The number of anilines is 1. The molecule has 0 fully saturated rings. The minimum atomic E-state index is -0.501. The third-order valence-corrected chi connectivity index (χ3v) is 4.37. The molecule has 3 aromatic rings. The Balaban J connectivity index is 1.64. The van der Waals surface area contributed by atoms with E-state index in [-0.39, 0.29) is 29.6 Å². The standard InChI is InChI=1S/C19H18N4O5S/c1-12-7-8-14(9-15(12)23(25)26)20-17(24)10-22-19(29)28-18(21-22)11-27-16-6-4-3-5-13(16)2/h3-9H,10-11H2,1-2H3,(H,20,24).